The highest BCUT2D eigenvalue weighted by atomic mass is 16.4. The van der Waals surface area contributed by atoms with Crippen LogP contribution in [0, 0.1) is 11.8 Å². The molecule has 2 N–H and O–H groups in total. The van der Waals surface area contributed by atoms with Gasteiger partial charge in [0.15, 0.2) is 0 Å². The normalized spacial score (nSPS) is 16.4. The van der Waals surface area contributed by atoms with Gasteiger partial charge in [0.2, 0.25) is 0 Å². The summed E-state index contributed by atoms with van der Waals surface area (Å²) in [7, 11) is 0. The number of nitrogens with one attached hydrogen (secondary N) is 1. The smallest absolute Gasteiger partial charge is 0.317 e. The van der Waals surface area contributed by atoms with Crippen LogP contribution >= 0.6 is 0 Å². The second kappa shape index (κ2) is 6.61. The molecule has 104 valence electrons. The Balaban J connectivity index is 2.40. The van der Waals surface area contributed by atoms with Crippen LogP contribution in [0.1, 0.15) is 40.0 Å². The molecule has 5 nitrogen and oxygen atoms in total. The van der Waals surface area contributed by atoms with Gasteiger partial charge in [-0.05, 0) is 32.1 Å². The van der Waals surface area contributed by atoms with E-state index in [1.165, 1.54) is 0 Å². The van der Waals surface area contributed by atoms with Crippen molar-refractivity contribution in [2.45, 2.75) is 46.1 Å². The van der Waals surface area contributed by atoms with Gasteiger partial charge in [-0.15, -0.1) is 0 Å². The minimum atomic E-state index is -0.835. The molecule has 18 heavy (non-hydrogen) atoms. The molecule has 0 aromatic rings. The number of hydrogen-bond acceptors (Lipinski definition) is 2. The summed E-state index contributed by atoms with van der Waals surface area (Å²) in [6, 6.07) is 0.235. The Labute approximate surface area is 109 Å². The van der Waals surface area contributed by atoms with E-state index in [1.807, 2.05) is 20.8 Å². The van der Waals surface area contributed by atoms with Crippen molar-refractivity contribution in [2.75, 3.05) is 13.1 Å². The zero-order valence-electron chi connectivity index (χ0n) is 11.5. The molecule has 0 heterocycles. The molecule has 1 fully saturated rings. The molecule has 0 aliphatic heterocycles. The van der Waals surface area contributed by atoms with Crippen LogP contribution in [0.5, 0.6) is 0 Å². The number of nitrogens with zero attached hydrogens (tertiary/aromatic N) is 1. The van der Waals surface area contributed by atoms with Gasteiger partial charge in [0, 0.05) is 19.1 Å². The minimum absolute atomic E-state index is 0.130. The highest BCUT2D eigenvalue weighted by Gasteiger charge is 2.31. The van der Waals surface area contributed by atoms with Crippen LogP contribution < -0.4 is 5.32 Å². The molecule has 1 unspecified atom stereocenters. The summed E-state index contributed by atoms with van der Waals surface area (Å²) in [5.41, 5.74) is 0. The zero-order valence-corrected chi connectivity index (χ0v) is 11.5. The Morgan fingerprint density at radius 2 is 2.00 bits per heavy atom. The molecule has 1 atom stereocenters. The first-order chi connectivity index (χ1) is 8.45. The Hall–Kier alpha value is -1.26. The molecular formula is C13H24N2O3. The second-order valence-corrected chi connectivity index (χ2v) is 5.37. The number of carboxylic acids is 1. The van der Waals surface area contributed by atoms with Gasteiger partial charge >= 0.3 is 12.0 Å². The second-order valence-electron chi connectivity index (χ2n) is 5.37. The fraction of sp³-hybridized carbons (Fsp3) is 0.846. The van der Waals surface area contributed by atoms with Gasteiger partial charge in [-0.25, -0.2) is 4.79 Å². The molecule has 1 aliphatic rings. The van der Waals surface area contributed by atoms with Crippen LogP contribution in [-0.2, 0) is 4.79 Å². The maximum atomic E-state index is 11.9. The predicted molar refractivity (Wildman–Crippen MR) is 69.4 cm³/mol. The molecule has 1 saturated carbocycles. The molecule has 0 bridgehead atoms. The summed E-state index contributed by atoms with van der Waals surface area (Å²) in [6.45, 7) is 6.81. The largest absolute Gasteiger partial charge is 0.481 e. The molecule has 0 spiro atoms. The van der Waals surface area contributed by atoms with Gasteiger partial charge in [0.05, 0.1) is 5.92 Å². The predicted octanol–water partition coefficient (Wildman–Crippen LogP) is 1.93. The number of aliphatic carboxylic acids is 1. The molecule has 1 aliphatic carbocycles. The molecular weight excluding hydrogens is 232 g/mol. The van der Waals surface area contributed by atoms with Crippen LogP contribution in [-0.4, -0.2) is 41.1 Å². The van der Waals surface area contributed by atoms with Crippen LogP contribution in [0.3, 0.4) is 0 Å². The average Bonchev–Trinajstić information content (AvgIpc) is 3.08. The van der Waals surface area contributed by atoms with E-state index in [0.29, 0.717) is 24.9 Å². The number of amides is 2. The average molecular weight is 256 g/mol. The molecule has 2 amide bonds. The van der Waals surface area contributed by atoms with Crippen molar-refractivity contribution in [3.8, 4) is 0 Å². The standard InChI is InChI=1S/C13H24N2O3/c1-4-15(11-5-6-11)13(18)14-8-10(12(16)17)7-9(2)3/h9-11H,4-8H2,1-3H3,(H,14,18)(H,16,17). The highest BCUT2D eigenvalue weighted by molar-refractivity contribution is 5.76. The minimum Gasteiger partial charge on any atom is -0.481 e. The van der Waals surface area contributed by atoms with Gasteiger partial charge in [0.25, 0.3) is 0 Å². The van der Waals surface area contributed by atoms with Crippen molar-refractivity contribution < 1.29 is 14.7 Å². The lowest BCUT2D eigenvalue weighted by Crippen LogP contribution is -2.44. The summed E-state index contributed by atoms with van der Waals surface area (Å²) in [5, 5.41) is 11.8. The fourth-order valence-electron chi connectivity index (χ4n) is 2.11. The summed E-state index contributed by atoms with van der Waals surface area (Å²) in [4.78, 5) is 24.7. The third-order valence-electron chi connectivity index (χ3n) is 3.19. The molecule has 5 heteroatoms. The lowest BCUT2D eigenvalue weighted by atomic mass is 9.97. The van der Waals surface area contributed by atoms with Gasteiger partial charge in [0.1, 0.15) is 0 Å². The highest BCUT2D eigenvalue weighted by Crippen LogP contribution is 2.26. The Bertz CT molecular complexity index is 301. The first kappa shape index (κ1) is 14.8. The third kappa shape index (κ3) is 4.55. The molecule has 1 rings (SSSR count). The SMILES string of the molecule is CCN(C(=O)NCC(CC(C)C)C(=O)O)C1CC1. The van der Waals surface area contributed by atoms with E-state index >= 15 is 0 Å². The Morgan fingerprint density at radius 1 is 1.39 bits per heavy atom. The van der Waals surface area contributed by atoms with Crippen molar-refractivity contribution in [3.05, 3.63) is 0 Å². The van der Waals surface area contributed by atoms with Crippen LogP contribution in [0.2, 0.25) is 0 Å². The number of carbonyl (C=O) groups is 2. The van der Waals surface area contributed by atoms with Crippen molar-refractivity contribution in [1.82, 2.24) is 10.2 Å². The van der Waals surface area contributed by atoms with Crippen molar-refractivity contribution in [2.24, 2.45) is 11.8 Å². The van der Waals surface area contributed by atoms with Crippen molar-refractivity contribution >= 4 is 12.0 Å². The van der Waals surface area contributed by atoms with Crippen LogP contribution in [0.4, 0.5) is 4.79 Å². The van der Waals surface area contributed by atoms with E-state index in [9.17, 15) is 9.59 Å². The van der Waals surface area contributed by atoms with E-state index in [1.54, 1.807) is 4.90 Å². The lowest BCUT2D eigenvalue weighted by Gasteiger charge is -2.22. The van der Waals surface area contributed by atoms with E-state index in [4.69, 9.17) is 5.11 Å². The number of rotatable bonds is 7. The first-order valence-corrected chi connectivity index (χ1v) is 6.73. The van der Waals surface area contributed by atoms with E-state index in [2.05, 4.69) is 5.32 Å². The first-order valence-electron chi connectivity index (χ1n) is 6.73. The summed E-state index contributed by atoms with van der Waals surface area (Å²) in [6.07, 6.45) is 2.72. The quantitative estimate of drug-likeness (QED) is 0.731. The molecule has 0 saturated heterocycles. The zero-order chi connectivity index (χ0) is 13.7. The Morgan fingerprint density at radius 3 is 2.39 bits per heavy atom. The molecule has 0 aromatic carbocycles. The van der Waals surface area contributed by atoms with Crippen LogP contribution in [0.15, 0.2) is 0 Å². The van der Waals surface area contributed by atoms with Crippen molar-refractivity contribution in [3.63, 3.8) is 0 Å². The number of hydrogen-bond donors (Lipinski definition) is 2. The molecule has 0 radical (unpaired) electrons. The topological polar surface area (TPSA) is 69.6 Å². The van der Waals surface area contributed by atoms with E-state index in [0.717, 1.165) is 12.8 Å². The van der Waals surface area contributed by atoms with Crippen molar-refractivity contribution in [1.29, 1.82) is 0 Å². The maximum Gasteiger partial charge on any atom is 0.317 e. The Kier molecular flexibility index (Phi) is 5.44. The van der Waals surface area contributed by atoms with E-state index in [-0.39, 0.29) is 12.6 Å². The number of carboxylic acid groups (broad SMARTS) is 1. The van der Waals surface area contributed by atoms with Gasteiger partial charge < -0.3 is 15.3 Å². The number of carbonyl (C=O) groups excluding carboxylic acids is 1. The fourth-order valence-corrected chi connectivity index (χ4v) is 2.11. The van der Waals surface area contributed by atoms with Gasteiger partial charge in [-0.1, -0.05) is 13.8 Å². The van der Waals surface area contributed by atoms with E-state index < -0.39 is 11.9 Å². The van der Waals surface area contributed by atoms with Gasteiger partial charge in [-0.3, -0.25) is 4.79 Å². The van der Waals surface area contributed by atoms with Gasteiger partial charge in [-0.2, -0.15) is 0 Å². The van der Waals surface area contributed by atoms with Crippen LogP contribution in [0.25, 0.3) is 0 Å². The number of urea groups is 1. The summed E-state index contributed by atoms with van der Waals surface area (Å²) < 4.78 is 0. The monoisotopic (exact) mass is 256 g/mol. The summed E-state index contributed by atoms with van der Waals surface area (Å²) in [5.74, 6) is -1.01. The summed E-state index contributed by atoms with van der Waals surface area (Å²) >= 11 is 0. The molecule has 0 aromatic heterocycles. The third-order valence-corrected chi connectivity index (χ3v) is 3.19. The maximum absolute atomic E-state index is 11.9. The lowest BCUT2D eigenvalue weighted by molar-refractivity contribution is -0.142.